The van der Waals surface area contributed by atoms with Crippen LogP contribution in [0.2, 0.25) is 0 Å². The Kier molecular flexibility index (Phi) is 5.68. The molecule has 0 radical (unpaired) electrons. The number of carbonyl (C=O) groups excluding carboxylic acids is 1. The number of amides is 1. The van der Waals surface area contributed by atoms with Crippen molar-refractivity contribution in [3.8, 4) is 0 Å². The van der Waals surface area contributed by atoms with Crippen LogP contribution in [0.3, 0.4) is 0 Å². The number of carbonyl (C=O) groups is 1. The van der Waals surface area contributed by atoms with E-state index in [1.54, 1.807) is 17.9 Å². The summed E-state index contributed by atoms with van der Waals surface area (Å²) in [4.78, 5) is 12.1. The lowest BCUT2D eigenvalue weighted by Gasteiger charge is -2.17. The van der Waals surface area contributed by atoms with Gasteiger partial charge in [0.25, 0.3) is 5.91 Å². The topological polar surface area (TPSA) is 72.9 Å². The lowest BCUT2D eigenvalue weighted by Crippen LogP contribution is -2.35. The Morgan fingerprint density at radius 1 is 1.44 bits per heavy atom. The second-order valence-corrected chi connectivity index (χ2v) is 4.71. The van der Waals surface area contributed by atoms with Crippen molar-refractivity contribution in [2.45, 2.75) is 52.0 Å². The number of nitrogens with one attached hydrogen (secondary N) is 1. The van der Waals surface area contributed by atoms with Crippen LogP contribution in [0.1, 0.15) is 56.4 Å². The molecule has 1 heterocycles. The molecule has 1 rings (SSSR count). The zero-order valence-electron chi connectivity index (χ0n) is 11.6. The predicted octanol–water partition coefficient (Wildman–Crippen LogP) is 2.09. The monoisotopic (exact) mass is 252 g/mol. The fraction of sp³-hybridized carbons (Fsp3) is 0.692. The molecule has 1 aromatic heterocycles. The molecule has 0 spiro atoms. The largest absolute Gasteiger partial charge is 0.396 e. The second kappa shape index (κ2) is 7.03. The van der Waals surface area contributed by atoms with Gasteiger partial charge in [0.1, 0.15) is 0 Å². The molecule has 5 nitrogen and oxygen atoms in total. The van der Waals surface area contributed by atoms with E-state index >= 15 is 0 Å². The van der Waals surface area contributed by atoms with Gasteiger partial charge in [0.2, 0.25) is 0 Å². The van der Waals surface area contributed by atoms with E-state index in [0.29, 0.717) is 11.4 Å². The van der Waals surface area contributed by atoms with Crippen LogP contribution in [0.4, 0.5) is 5.69 Å². The normalized spacial score (nSPS) is 12.4. The second-order valence-electron chi connectivity index (χ2n) is 4.71. The third-order valence-corrected chi connectivity index (χ3v) is 2.95. The molecule has 18 heavy (non-hydrogen) atoms. The summed E-state index contributed by atoms with van der Waals surface area (Å²) in [5.74, 6) is -0.164. The SMILES string of the molecule is CCCCC(CCC)NC(=O)c1nn(C)cc1N. The third kappa shape index (κ3) is 4.05. The van der Waals surface area contributed by atoms with Gasteiger partial charge in [-0.15, -0.1) is 0 Å². The molecule has 0 aliphatic heterocycles. The summed E-state index contributed by atoms with van der Waals surface area (Å²) in [6, 6.07) is 0.226. The summed E-state index contributed by atoms with van der Waals surface area (Å²) in [6.45, 7) is 4.28. The highest BCUT2D eigenvalue weighted by molar-refractivity contribution is 5.97. The molecule has 0 saturated carbocycles. The fourth-order valence-corrected chi connectivity index (χ4v) is 2.02. The number of rotatable bonds is 7. The molecule has 0 fully saturated rings. The maximum absolute atomic E-state index is 12.1. The Morgan fingerprint density at radius 3 is 2.67 bits per heavy atom. The molecule has 0 aliphatic carbocycles. The number of aryl methyl sites for hydroxylation is 1. The van der Waals surface area contributed by atoms with E-state index in [2.05, 4.69) is 24.3 Å². The van der Waals surface area contributed by atoms with Crippen molar-refractivity contribution in [1.82, 2.24) is 15.1 Å². The summed E-state index contributed by atoms with van der Waals surface area (Å²) in [5, 5.41) is 7.11. The lowest BCUT2D eigenvalue weighted by molar-refractivity contribution is 0.0927. The zero-order chi connectivity index (χ0) is 13.5. The van der Waals surface area contributed by atoms with Crippen molar-refractivity contribution >= 4 is 11.6 Å². The van der Waals surface area contributed by atoms with Gasteiger partial charge in [-0.1, -0.05) is 33.1 Å². The van der Waals surface area contributed by atoms with Gasteiger partial charge in [-0.3, -0.25) is 9.48 Å². The summed E-state index contributed by atoms with van der Waals surface area (Å²) in [7, 11) is 1.76. The molecule has 1 amide bonds. The molecular formula is C13H24N4O. The summed E-state index contributed by atoms with van der Waals surface area (Å²) < 4.78 is 1.56. The number of nitrogens with zero attached hydrogens (tertiary/aromatic N) is 2. The average molecular weight is 252 g/mol. The van der Waals surface area contributed by atoms with Crippen LogP contribution in [0.25, 0.3) is 0 Å². The van der Waals surface area contributed by atoms with Crippen molar-refractivity contribution in [3.63, 3.8) is 0 Å². The Labute approximate surface area is 109 Å². The van der Waals surface area contributed by atoms with Crippen molar-refractivity contribution in [2.24, 2.45) is 7.05 Å². The zero-order valence-corrected chi connectivity index (χ0v) is 11.6. The van der Waals surface area contributed by atoms with Crippen LogP contribution >= 0.6 is 0 Å². The van der Waals surface area contributed by atoms with Gasteiger partial charge in [-0.2, -0.15) is 5.10 Å². The van der Waals surface area contributed by atoms with E-state index in [1.807, 2.05) is 0 Å². The molecule has 5 heteroatoms. The Hall–Kier alpha value is -1.52. The van der Waals surface area contributed by atoms with Crippen molar-refractivity contribution in [2.75, 3.05) is 5.73 Å². The van der Waals surface area contributed by atoms with Crippen LogP contribution in [-0.2, 0) is 7.05 Å². The highest BCUT2D eigenvalue weighted by Gasteiger charge is 2.17. The van der Waals surface area contributed by atoms with Gasteiger partial charge in [-0.25, -0.2) is 0 Å². The summed E-state index contributed by atoms with van der Waals surface area (Å²) in [5.41, 5.74) is 6.51. The van der Waals surface area contributed by atoms with E-state index in [0.717, 1.165) is 32.1 Å². The molecule has 0 bridgehead atoms. The molecule has 3 N–H and O–H groups in total. The van der Waals surface area contributed by atoms with Crippen molar-refractivity contribution in [3.05, 3.63) is 11.9 Å². The summed E-state index contributed by atoms with van der Waals surface area (Å²) >= 11 is 0. The fourth-order valence-electron chi connectivity index (χ4n) is 2.02. The molecular weight excluding hydrogens is 228 g/mol. The maximum atomic E-state index is 12.1. The smallest absolute Gasteiger partial charge is 0.274 e. The number of unbranched alkanes of at least 4 members (excludes halogenated alkanes) is 1. The molecule has 1 unspecified atom stereocenters. The molecule has 0 saturated heterocycles. The first-order valence-electron chi connectivity index (χ1n) is 6.68. The number of hydrogen-bond donors (Lipinski definition) is 2. The molecule has 1 atom stereocenters. The average Bonchev–Trinajstić information content (AvgIpc) is 2.65. The number of aromatic nitrogens is 2. The summed E-state index contributed by atoms with van der Waals surface area (Å²) in [6.07, 6.45) is 6.99. The van der Waals surface area contributed by atoms with Gasteiger partial charge in [0.05, 0.1) is 5.69 Å². The van der Waals surface area contributed by atoms with Gasteiger partial charge >= 0.3 is 0 Å². The van der Waals surface area contributed by atoms with Gasteiger partial charge in [0, 0.05) is 19.3 Å². The lowest BCUT2D eigenvalue weighted by atomic mass is 10.1. The Morgan fingerprint density at radius 2 is 2.17 bits per heavy atom. The minimum atomic E-state index is -0.164. The Bertz CT molecular complexity index is 386. The quantitative estimate of drug-likeness (QED) is 0.780. The third-order valence-electron chi connectivity index (χ3n) is 2.95. The van der Waals surface area contributed by atoms with Crippen LogP contribution in [0.5, 0.6) is 0 Å². The molecule has 0 aliphatic rings. The van der Waals surface area contributed by atoms with Gasteiger partial charge < -0.3 is 11.1 Å². The number of anilines is 1. The van der Waals surface area contributed by atoms with Crippen LogP contribution in [-0.4, -0.2) is 21.7 Å². The van der Waals surface area contributed by atoms with Crippen LogP contribution < -0.4 is 11.1 Å². The molecule has 0 aromatic carbocycles. The first kappa shape index (κ1) is 14.5. The van der Waals surface area contributed by atoms with E-state index in [-0.39, 0.29) is 11.9 Å². The minimum Gasteiger partial charge on any atom is -0.396 e. The Balaban J connectivity index is 2.62. The highest BCUT2D eigenvalue weighted by atomic mass is 16.2. The van der Waals surface area contributed by atoms with E-state index < -0.39 is 0 Å². The maximum Gasteiger partial charge on any atom is 0.274 e. The van der Waals surface area contributed by atoms with Crippen LogP contribution in [0, 0.1) is 0 Å². The first-order chi connectivity index (χ1) is 8.58. The number of nitrogen functional groups attached to an aromatic ring is 1. The molecule has 102 valence electrons. The predicted molar refractivity (Wildman–Crippen MR) is 73.3 cm³/mol. The number of hydrogen-bond acceptors (Lipinski definition) is 3. The van der Waals surface area contributed by atoms with Gasteiger partial charge in [-0.05, 0) is 12.8 Å². The van der Waals surface area contributed by atoms with E-state index in [9.17, 15) is 4.79 Å². The van der Waals surface area contributed by atoms with Crippen molar-refractivity contribution < 1.29 is 4.79 Å². The highest BCUT2D eigenvalue weighted by Crippen LogP contribution is 2.11. The first-order valence-corrected chi connectivity index (χ1v) is 6.68. The van der Waals surface area contributed by atoms with Crippen molar-refractivity contribution in [1.29, 1.82) is 0 Å². The van der Waals surface area contributed by atoms with Gasteiger partial charge in [0.15, 0.2) is 5.69 Å². The minimum absolute atomic E-state index is 0.164. The standard InChI is InChI=1S/C13H24N4O/c1-4-6-8-10(7-5-2)15-13(18)12-11(14)9-17(3)16-12/h9-10H,4-8,14H2,1-3H3,(H,15,18). The van der Waals surface area contributed by atoms with E-state index in [1.165, 1.54) is 0 Å². The molecule has 1 aromatic rings. The van der Waals surface area contributed by atoms with E-state index in [4.69, 9.17) is 5.73 Å². The number of nitrogens with two attached hydrogens (primary N) is 1. The van der Waals surface area contributed by atoms with Crippen LogP contribution in [0.15, 0.2) is 6.20 Å².